The van der Waals surface area contributed by atoms with Crippen LogP contribution in [0.1, 0.15) is 0 Å². The minimum Gasteiger partial charge on any atom is -0.322 e. The van der Waals surface area contributed by atoms with Crippen LogP contribution in [0.25, 0.3) is 0 Å². The van der Waals surface area contributed by atoms with Gasteiger partial charge in [0.15, 0.2) is 0 Å². The molecule has 0 bridgehead atoms. The third-order valence-corrected chi connectivity index (χ3v) is 1.51. The molecule has 1 N–H and O–H groups in total. The number of anilines is 1. The maximum atomic E-state index is 10.8. The normalized spacial score (nSPS) is 9.08. The van der Waals surface area contributed by atoms with Crippen LogP contribution in [0.15, 0.2) is 36.9 Å². The summed E-state index contributed by atoms with van der Waals surface area (Å²) in [6.45, 7) is 3.33. The summed E-state index contributed by atoms with van der Waals surface area (Å²) in [5, 5.41) is 3.19. The first-order chi connectivity index (χ1) is 5.72. The van der Waals surface area contributed by atoms with E-state index >= 15 is 0 Å². The van der Waals surface area contributed by atoms with E-state index in [2.05, 4.69) is 11.9 Å². The van der Waals surface area contributed by atoms with Crippen LogP contribution in [0.2, 0.25) is 5.02 Å². The number of halogens is 1. The van der Waals surface area contributed by atoms with Gasteiger partial charge < -0.3 is 5.32 Å². The predicted molar refractivity (Wildman–Crippen MR) is 50.3 cm³/mol. The Morgan fingerprint density at radius 1 is 1.58 bits per heavy atom. The van der Waals surface area contributed by atoms with Crippen molar-refractivity contribution in [3.8, 4) is 0 Å². The highest BCUT2D eigenvalue weighted by Crippen LogP contribution is 2.14. The standard InChI is InChI=1S/C9H8ClNO/c1-2-9(12)11-8-5-3-4-7(10)6-8/h2-6H,1H2,(H,11,12). The van der Waals surface area contributed by atoms with Crippen molar-refractivity contribution >= 4 is 23.2 Å². The zero-order valence-corrected chi connectivity index (χ0v) is 7.14. The molecule has 0 fully saturated rings. The van der Waals surface area contributed by atoms with E-state index in [0.29, 0.717) is 10.7 Å². The van der Waals surface area contributed by atoms with Crippen LogP contribution in [0, 0.1) is 0 Å². The number of rotatable bonds is 2. The topological polar surface area (TPSA) is 29.1 Å². The largest absolute Gasteiger partial charge is 0.322 e. The van der Waals surface area contributed by atoms with E-state index in [0.717, 1.165) is 0 Å². The molecule has 0 radical (unpaired) electrons. The Morgan fingerprint density at radius 2 is 2.33 bits per heavy atom. The molecule has 0 aliphatic rings. The second-order valence-corrected chi connectivity index (χ2v) is 2.64. The number of carbonyl (C=O) groups excluding carboxylic acids is 1. The molecular formula is C9H8ClNO. The number of hydrogen-bond donors (Lipinski definition) is 1. The number of nitrogens with one attached hydrogen (secondary N) is 1. The van der Waals surface area contributed by atoms with E-state index in [1.165, 1.54) is 6.08 Å². The summed E-state index contributed by atoms with van der Waals surface area (Å²) in [5.74, 6) is -0.239. The molecule has 62 valence electrons. The molecule has 0 aromatic heterocycles. The van der Waals surface area contributed by atoms with Gasteiger partial charge in [0.05, 0.1) is 0 Å². The molecule has 12 heavy (non-hydrogen) atoms. The maximum absolute atomic E-state index is 10.8. The van der Waals surface area contributed by atoms with Crippen molar-refractivity contribution in [2.45, 2.75) is 0 Å². The lowest BCUT2D eigenvalue weighted by Gasteiger charge is -2.00. The summed E-state index contributed by atoms with van der Waals surface area (Å²) in [6, 6.07) is 6.93. The molecule has 0 aliphatic carbocycles. The second-order valence-electron chi connectivity index (χ2n) is 2.20. The number of carbonyl (C=O) groups is 1. The first kappa shape index (κ1) is 8.81. The van der Waals surface area contributed by atoms with Crippen LogP contribution >= 0.6 is 11.6 Å². The first-order valence-corrected chi connectivity index (χ1v) is 3.79. The minimum atomic E-state index is -0.239. The smallest absolute Gasteiger partial charge is 0.247 e. The summed E-state index contributed by atoms with van der Waals surface area (Å²) in [6.07, 6.45) is 1.21. The van der Waals surface area contributed by atoms with Gasteiger partial charge in [-0.15, -0.1) is 0 Å². The van der Waals surface area contributed by atoms with E-state index in [1.54, 1.807) is 24.3 Å². The highest BCUT2D eigenvalue weighted by atomic mass is 35.5. The van der Waals surface area contributed by atoms with Gasteiger partial charge in [0.1, 0.15) is 0 Å². The third kappa shape index (κ3) is 2.40. The van der Waals surface area contributed by atoms with Gasteiger partial charge in [-0.2, -0.15) is 0 Å². The number of amides is 1. The van der Waals surface area contributed by atoms with E-state index in [9.17, 15) is 4.79 Å². The Hall–Kier alpha value is -1.28. The Labute approximate surface area is 75.9 Å². The number of hydrogen-bond acceptors (Lipinski definition) is 1. The van der Waals surface area contributed by atoms with Crippen molar-refractivity contribution in [3.05, 3.63) is 41.9 Å². The lowest BCUT2D eigenvalue weighted by atomic mass is 10.3. The summed E-state index contributed by atoms with van der Waals surface area (Å²) in [7, 11) is 0. The molecule has 0 saturated carbocycles. The van der Waals surface area contributed by atoms with Crippen LogP contribution in [-0.4, -0.2) is 5.91 Å². The molecule has 1 aromatic rings. The molecule has 1 amide bonds. The Bertz CT molecular complexity index is 309. The fraction of sp³-hybridized carbons (Fsp3) is 0. The molecule has 1 aromatic carbocycles. The van der Waals surface area contributed by atoms with Gasteiger partial charge in [-0.05, 0) is 24.3 Å². The number of benzene rings is 1. The van der Waals surface area contributed by atoms with Crippen LogP contribution in [0.3, 0.4) is 0 Å². The molecule has 0 spiro atoms. The van der Waals surface area contributed by atoms with Crippen LogP contribution in [0.5, 0.6) is 0 Å². The lowest BCUT2D eigenvalue weighted by molar-refractivity contribution is -0.111. The van der Waals surface area contributed by atoms with E-state index in [1.807, 2.05) is 0 Å². The zero-order chi connectivity index (χ0) is 8.97. The summed E-state index contributed by atoms with van der Waals surface area (Å²) < 4.78 is 0. The minimum absolute atomic E-state index is 0.239. The molecule has 1 rings (SSSR count). The Morgan fingerprint density at radius 3 is 2.92 bits per heavy atom. The second kappa shape index (κ2) is 3.93. The Balaban J connectivity index is 2.76. The molecule has 0 unspecified atom stereocenters. The van der Waals surface area contributed by atoms with Crippen molar-refractivity contribution in [2.24, 2.45) is 0 Å². The van der Waals surface area contributed by atoms with Gasteiger partial charge in [0.25, 0.3) is 0 Å². The predicted octanol–water partition coefficient (Wildman–Crippen LogP) is 2.46. The fourth-order valence-electron chi connectivity index (χ4n) is 0.760. The van der Waals surface area contributed by atoms with Crippen molar-refractivity contribution < 1.29 is 4.79 Å². The van der Waals surface area contributed by atoms with Crippen LogP contribution in [0.4, 0.5) is 5.69 Å². The molecule has 0 atom stereocenters. The fourth-order valence-corrected chi connectivity index (χ4v) is 0.950. The van der Waals surface area contributed by atoms with Gasteiger partial charge in [-0.25, -0.2) is 0 Å². The highest BCUT2D eigenvalue weighted by molar-refractivity contribution is 6.30. The molecule has 0 aliphatic heterocycles. The molecule has 0 heterocycles. The zero-order valence-electron chi connectivity index (χ0n) is 6.38. The molecule has 0 saturated heterocycles. The monoisotopic (exact) mass is 181 g/mol. The first-order valence-electron chi connectivity index (χ1n) is 3.41. The summed E-state index contributed by atoms with van der Waals surface area (Å²) >= 11 is 5.69. The molecule has 2 nitrogen and oxygen atoms in total. The summed E-state index contributed by atoms with van der Waals surface area (Å²) in [5.41, 5.74) is 0.674. The van der Waals surface area contributed by atoms with Crippen LogP contribution < -0.4 is 5.32 Å². The van der Waals surface area contributed by atoms with E-state index in [4.69, 9.17) is 11.6 Å². The molecule has 3 heteroatoms. The summed E-state index contributed by atoms with van der Waals surface area (Å²) in [4.78, 5) is 10.8. The quantitative estimate of drug-likeness (QED) is 0.698. The average molecular weight is 182 g/mol. The van der Waals surface area contributed by atoms with E-state index in [-0.39, 0.29) is 5.91 Å². The third-order valence-electron chi connectivity index (χ3n) is 1.28. The highest BCUT2D eigenvalue weighted by Gasteiger charge is 1.95. The van der Waals surface area contributed by atoms with Gasteiger partial charge in [-0.3, -0.25) is 4.79 Å². The maximum Gasteiger partial charge on any atom is 0.247 e. The van der Waals surface area contributed by atoms with Crippen LogP contribution in [-0.2, 0) is 4.79 Å². The van der Waals surface area contributed by atoms with Crippen molar-refractivity contribution in [2.75, 3.05) is 5.32 Å². The van der Waals surface area contributed by atoms with Gasteiger partial charge in [0.2, 0.25) is 5.91 Å². The SMILES string of the molecule is C=CC(=O)Nc1cccc(Cl)c1. The van der Waals surface area contributed by atoms with Gasteiger partial charge >= 0.3 is 0 Å². The molecular weight excluding hydrogens is 174 g/mol. The van der Waals surface area contributed by atoms with Gasteiger partial charge in [0, 0.05) is 10.7 Å². The average Bonchev–Trinajstić information content (AvgIpc) is 2.04. The lowest BCUT2D eigenvalue weighted by Crippen LogP contribution is -2.06. The van der Waals surface area contributed by atoms with Crippen molar-refractivity contribution in [1.82, 2.24) is 0 Å². The van der Waals surface area contributed by atoms with E-state index < -0.39 is 0 Å². The van der Waals surface area contributed by atoms with Gasteiger partial charge in [-0.1, -0.05) is 24.2 Å². The Kier molecular flexibility index (Phi) is 2.88. The van der Waals surface area contributed by atoms with Crippen molar-refractivity contribution in [1.29, 1.82) is 0 Å². The van der Waals surface area contributed by atoms with Crippen molar-refractivity contribution in [3.63, 3.8) is 0 Å².